The SMILES string of the molecule is CCCCCCCCCCCCCCCC(=O)O[C@H](COC(=O)CCCCCCCCCCCCC)COP(=O)(O)OC[C@@H](O)COP(=O)(O)OC[C@@H](COC(=O)CCCCCCC)OC(=O)CCCCCCCCCC. The van der Waals surface area contributed by atoms with E-state index in [1.807, 2.05) is 0 Å². The summed E-state index contributed by atoms with van der Waals surface area (Å²) in [5.41, 5.74) is 0. The zero-order valence-corrected chi connectivity index (χ0v) is 50.7. The molecule has 2 unspecified atom stereocenters. The number of hydrogen-bond donors (Lipinski definition) is 3. The molecule has 0 spiro atoms. The first-order chi connectivity index (χ1) is 37.2. The van der Waals surface area contributed by atoms with Crippen molar-refractivity contribution < 1.29 is 80.2 Å². The summed E-state index contributed by atoms with van der Waals surface area (Å²) < 4.78 is 67.5. The third kappa shape index (κ3) is 53.2. The number of phosphoric ester groups is 2. The van der Waals surface area contributed by atoms with Crippen LogP contribution in [0.1, 0.15) is 291 Å². The topological polar surface area (TPSA) is 237 Å². The lowest BCUT2D eigenvalue weighted by atomic mass is 10.0. The third-order valence-corrected chi connectivity index (χ3v) is 15.3. The average Bonchev–Trinajstić information content (AvgIpc) is 3.40. The maximum absolute atomic E-state index is 12.9. The lowest BCUT2D eigenvalue weighted by Gasteiger charge is -2.21. The minimum Gasteiger partial charge on any atom is -0.462 e. The van der Waals surface area contributed by atoms with Crippen LogP contribution in [-0.4, -0.2) is 96.7 Å². The Morgan fingerprint density at radius 2 is 0.519 bits per heavy atom. The Hall–Kier alpha value is -1.94. The summed E-state index contributed by atoms with van der Waals surface area (Å²) in [5.74, 6) is -2.15. The van der Waals surface area contributed by atoms with Crippen LogP contribution in [0.3, 0.4) is 0 Å². The Bertz CT molecular complexity index is 1500. The second kappa shape index (κ2) is 53.4. The van der Waals surface area contributed by atoms with Gasteiger partial charge in [0.25, 0.3) is 0 Å². The van der Waals surface area contributed by atoms with E-state index >= 15 is 0 Å². The predicted molar refractivity (Wildman–Crippen MR) is 303 cm³/mol. The molecule has 0 bridgehead atoms. The zero-order chi connectivity index (χ0) is 56.9. The highest BCUT2D eigenvalue weighted by atomic mass is 31.2. The van der Waals surface area contributed by atoms with Crippen LogP contribution in [0.25, 0.3) is 0 Å². The summed E-state index contributed by atoms with van der Waals surface area (Å²) in [6.45, 7) is 4.73. The number of carbonyl (C=O) groups excluding carboxylic acids is 4. The standard InChI is InChI=1S/C58H112O17P2/c1-5-9-13-17-20-23-25-26-28-30-33-37-41-45-58(63)75-54(49-69-56(61)43-39-35-32-29-27-24-21-18-14-10-6-2)51-73-77(66,67)71-47-52(59)46-70-76(64,65)72-50-53(48-68-55(60)42-38-34-16-12-8-4)74-57(62)44-40-36-31-22-19-15-11-7-3/h52-54,59H,5-51H2,1-4H3,(H,64,65)(H,66,67)/t52-,53+,54+/m0/s1. The molecule has 456 valence electrons. The fourth-order valence-electron chi connectivity index (χ4n) is 8.57. The van der Waals surface area contributed by atoms with Gasteiger partial charge in [0.2, 0.25) is 0 Å². The van der Waals surface area contributed by atoms with E-state index in [-0.39, 0.29) is 25.7 Å². The molecule has 3 N–H and O–H groups in total. The molecule has 0 saturated carbocycles. The van der Waals surface area contributed by atoms with Gasteiger partial charge in [-0.1, -0.05) is 240 Å². The van der Waals surface area contributed by atoms with Gasteiger partial charge in [-0.25, -0.2) is 9.13 Å². The van der Waals surface area contributed by atoms with E-state index in [2.05, 4.69) is 27.7 Å². The van der Waals surface area contributed by atoms with Gasteiger partial charge in [-0.15, -0.1) is 0 Å². The van der Waals surface area contributed by atoms with E-state index in [1.165, 1.54) is 109 Å². The van der Waals surface area contributed by atoms with E-state index < -0.39 is 97.5 Å². The Morgan fingerprint density at radius 3 is 0.766 bits per heavy atom. The monoisotopic (exact) mass is 1140 g/mol. The van der Waals surface area contributed by atoms with Crippen molar-refractivity contribution in [1.82, 2.24) is 0 Å². The fraction of sp³-hybridized carbons (Fsp3) is 0.931. The van der Waals surface area contributed by atoms with Crippen LogP contribution in [-0.2, 0) is 65.4 Å². The zero-order valence-electron chi connectivity index (χ0n) is 48.9. The third-order valence-electron chi connectivity index (χ3n) is 13.4. The van der Waals surface area contributed by atoms with Gasteiger partial charge in [0.1, 0.15) is 19.3 Å². The van der Waals surface area contributed by atoms with Crippen LogP contribution >= 0.6 is 15.6 Å². The van der Waals surface area contributed by atoms with Crippen LogP contribution in [0.4, 0.5) is 0 Å². The van der Waals surface area contributed by atoms with Crippen molar-refractivity contribution in [1.29, 1.82) is 0 Å². The number of esters is 4. The average molecular weight is 1140 g/mol. The second-order valence-corrected chi connectivity index (χ2v) is 23.9. The van der Waals surface area contributed by atoms with Crippen molar-refractivity contribution in [3.05, 3.63) is 0 Å². The normalized spacial score (nSPS) is 14.3. The lowest BCUT2D eigenvalue weighted by molar-refractivity contribution is -0.161. The Morgan fingerprint density at radius 1 is 0.312 bits per heavy atom. The van der Waals surface area contributed by atoms with Crippen molar-refractivity contribution in [2.24, 2.45) is 0 Å². The molecule has 0 fully saturated rings. The largest absolute Gasteiger partial charge is 0.472 e. The molecule has 0 radical (unpaired) electrons. The van der Waals surface area contributed by atoms with Crippen LogP contribution in [0.2, 0.25) is 0 Å². The minimum absolute atomic E-state index is 0.104. The van der Waals surface area contributed by atoms with Gasteiger partial charge < -0.3 is 33.8 Å². The highest BCUT2D eigenvalue weighted by molar-refractivity contribution is 7.47. The highest BCUT2D eigenvalue weighted by Crippen LogP contribution is 2.45. The fourth-order valence-corrected chi connectivity index (χ4v) is 10.2. The summed E-state index contributed by atoms with van der Waals surface area (Å²) >= 11 is 0. The second-order valence-electron chi connectivity index (χ2n) is 21.0. The van der Waals surface area contributed by atoms with E-state index in [4.69, 9.17) is 37.0 Å². The number of hydrogen-bond acceptors (Lipinski definition) is 15. The molecule has 77 heavy (non-hydrogen) atoms. The molecule has 0 aliphatic carbocycles. The number of phosphoric acid groups is 2. The van der Waals surface area contributed by atoms with E-state index in [0.717, 1.165) is 103 Å². The summed E-state index contributed by atoms with van der Waals surface area (Å²) in [6.07, 6.45) is 36.5. The van der Waals surface area contributed by atoms with Gasteiger partial charge in [0.05, 0.1) is 26.4 Å². The van der Waals surface area contributed by atoms with E-state index in [0.29, 0.717) is 25.7 Å². The first-order valence-electron chi connectivity index (χ1n) is 30.8. The number of aliphatic hydroxyl groups excluding tert-OH is 1. The number of aliphatic hydroxyl groups is 1. The molecular formula is C58H112O17P2. The van der Waals surface area contributed by atoms with Gasteiger partial charge in [0.15, 0.2) is 12.2 Å². The van der Waals surface area contributed by atoms with Gasteiger partial charge in [-0.05, 0) is 25.7 Å². The molecule has 5 atom stereocenters. The summed E-state index contributed by atoms with van der Waals surface area (Å²) in [4.78, 5) is 71.6. The van der Waals surface area contributed by atoms with Gasteiger partial charge in [-0.3, -0.25) is 37.3 Å². The molecule has 0 amide bonds. The quantitative estimate of drug-likeness (QED) is 0.0222. The Balaban J connectivity index is 5.17. The van der Waals surface area contributed by atoms with Crippen LogP contribution in [0.5, 0.6) is 0 Å². The molecule has 0 aromatic carbocycles. The molecular weight excluding hydrogens is 1030 g/mol. The summed E-state index contributed by atoms with van der Waals surface area (Å²) in [7, 11) is -9.86. The summed E-state index contributed by atoms with van der Waals surface area (Å²) in [6, 6.07) is 0. The van der Waals surface area contributed by atoms with Crippen molar-refractivity contribution in [2.45, 2.75) is 309 Å². The van der Waals surface area contributed by atoms with Gasteiger partial charge in [-0.2, -0.15) is 0 Å². The molecule has 0 aromatic heterocycles. The maximum Gasteiger partial charge on any atom is 0.472 e. The van der Waals surface area contributed by atoms with Crippen molar-refractivity contribution in [3.8, 4) is 0 Å². The predicted octanol–water partition coefficient (Wildman–Crippen LogP) is 15.6. The van der Waals surface area contributed by atoms with E-state index in [1.54, 1.807) is 0 Å². The molecule has 0 aliphatic rings. The molecule has 0 rings (SSSR count). The number of carbonyl (C=O) groups is 4. The molecule has 17 nitrogen and oxygen atoms in total. The minimum atomic E-state index is -4.93. The molecule has 0 saturated heterocycles. The number of ether oxygens (including phenoxy) is 4. The smallest absolute Gasteiger partial charge is 0.462 e. The van der Waals surface area contributed by atoms with Crippen molar-refractivity contribution in [3.63, 3.8) is 0 Å². The maximum atomic E-state index is 12.9. The molecule has 0 aromatic rings. The van der Waals surface area contributed by atoms with Crippen LogP contribution < -0.4 is 0 Å². The first kappa shape index (κ1) is 75.1. The van der Waals surface area contributed by atoms with Crippen LogP contribution in [0, 0.1) is 0 Å². The van der Waals surface area contributed by atoms with E-state index in [9.17, 15) is 43.2 Å². The molecule has 0 heterocycles. The first-order valence-corrected chi connectivity index (χ1v) is 33.8. The summed E-state index contributed by atoms with van der Waals surface area (Å²) in [5, 5.41) is 10.5. The highest BCUT2D eigenvalue weighted by Gasteiger charge is 2.30. The molecule has 19 heteroatoms. The van der Waals surface area contributed by atoms with Gasteiger partial charge in [0, 0.05) is 25.7 Å². The van der Waals surface area contributed by atoms with Gasteiger partial charge >= 0.3 is 39.5 Å². The Labute approximate surface area is 467 Å². The van der Waals surface area contributed by atoms with Crippen LogP contribution in [0.15, 0.2) is 0 Å². The molecule has 0 aliphatic heterocycles. The lowest BCUT2D eigenvalue weighted by Crippen LogP contribution is -2.30. The van der Waals surface area contributed by atoms with Crippen molar-refractivity contribution in [2.75, 3.05) is 39.6 Å². The number of rotatable bonds is 59. The number of unbranched alkanes of at least 4 members (excludes halogenated alkanes) is 33. The Kier molecular flexibility index (Phi) is 52.0. The van der Waals surface area contributed by atoms with Crippen molar-refractivity contribution >= 4 is 39.5 Å².